The SMILES string of the molecule is CCCNCc1cc(CCC)nc(N(C)CC(F)F)c1. The second-order valence-electron chi connectivity index (χ2n) is 5.02. The highest BCUT2D eigenvalue weighted by Crippen LogP contribution is 2.16. The summed E-state index contributed by atoms with van der Waals surface area (Å²) in [7, 11) is 1.66. The van der Waals surface area contributed by atoms with Crippen LogP contribution >= 0.6 is 0 Å². The summed E-state index contributed by atoms with van der Waals surface area (Å²) in [6.45, 7) is 5.62. The van der Waals surface area contributed by atoms with Crippen molar-refractivity contribution in [1.82, 2.24) is 10.3 Å². The minimum Gasteiger partial charge on any atom is -0.354 e. The van der Waals surface area contributed by atoms with Gasteiger partial charge in [0.25, 0.3) is 6.43 Å². The van der Waals surface area contributed by atoms with Crippen LogP contribution in [-0.2, 0) is 13.0 Å². The molecule has 0 aliphatic rings. The molecule has 1 aromatic heterocycles. The molecule has 0 bridgehead atoms. The molecule has 0 aromatic carbocycles. The fourth-order valence-electron chi connectivity index (χ4n) is 2.03. The molecule has 0 aliphatic carbocycles. The highest BCUT2D eigenvalue weighted by Gasteiger charge is 2.11. The van der Waals surface area contributed by atoms with Crippen LogP contribution in [0.3, 0.4) is 0 Å². The fourth-order valence-corrected chi connectivity index (χ4v) is 2.03. The molecule has 0 fully saturated rings. The van der Waals surface area contributed by atoms with Crippen LogP contribution in [0.25, 0.3) is 0 Å². The van der Waals surface area contributed by atoms with E-state index in [1.54, 1.807) is 7.05 Å². The second-order valence-corrected chi connectivity index (χ2v) is 5.02. The fraction of sp³-hybridized carbons (Fsp3) is 0.667. The number of nitrogens with zero attached hydrogens (tertiary/aromatic N) is 2. The number of halogens is 2. The van der Waals surface area contributed by atoms with Crippen LogP contribution in [0.5, 0.6) is 0 Å². The van der Waals surface area contributed by atoms with Gasteiger partial charge in [-0.25, -0.2) is 13.8 Å². The van der Waals surface area contributed by atoms with Crippen molar-refractivity contribution in [1.29, 1.82) is 0 Å². The second kappa shape index (κ2) is 8.84. The van der Waals surface area contributed by atoms with Crippen molar-refractivity contribution in [3.63, 3.8) is 0 Å². The third-order valence-electron chi connectivity index (χ3n) is 2.99. The monoisotopic (exact) mass is 285 g/mol. The zero-order valence-electron chi connectivity index (χ0n) is 12.6. The minimum atomic E-state index is -2.35. The van der Waals surface area contributed by atoms with E-state index in [0.717, 1.165) is 43.6 Å². The Kier molecular flexibility index (Phi) is 7.44. The highest BCUT2D eigenvalue weighted by atomic mass is 19.3. The Morgan fingerprint density at radius 1 is 1.25 bits per heavy atom. The van der Waals surface area contributed by atoms with E-state index in [0.29, 0.717) is 5.82 Å². The number of aryl methyl sites for hydroxylation is 1. The number of anilines is 1. The molecule has 0 unspecified atom stereocenters. The number of hydrogen-bond donors (Lipinski definition) is 1. The summed E-state index contributed by atoms with van der Waals surface area (Å²) in [5.74, 6) is 0.629. The number of alkyl halides is 2. The molecule has 0 aliphatic heterocycles. The quantitative estimate of drug-likeness (QED) is 0.706. The van der Waals surface area contributed by atoms with E-state index < -0.39 is 6.43 Å². The van der Waals surface area contributed by atoms with Gasteiger partial charge < -0.3 is 10.2 Å². The van der Waals surface area contributed by atoms with E-state index in [-0.39, 0.29) is 6.54 Å². The van der Waals surface area contributed by atoms with Gasteiger partial charge in [-0.2, -0.15) is 0 Å². The Labute approximate surface area is 120 Å². The Morgan fingerprint density at radius 3 is 2.60 bits per heavy atom. The first kappa shape index (κ1) is 16.8. The van der Waals surface area contributed by atoms with E-state index in [4.69, 9.17) is 0 Å². The first-order valence-corrected chi connectivity index (χ1v) is 7.26. The van der Waals surface area contributed by atoms with Crippen molar-refractivity contribution in [2.45, 2.75) is 46.1 Å². The van der Waals surface area contributed by atoms with E-state index >= 15 is 0 Å². The molecule has 1 heterocycles. The first-order valence-electron chi connectivity index (χ1n) is 7.26. The molecule has 0 radical (unpaired) electrons. The van der Waals surface area contributed by atoms with Crippen molar-refractivity contribution < 1.29 is 8.78 Å². The molecule has 0 atom stereocenters. The zero-order chi connectivity index (χ0) is 15.0. The Hall–Kier alpha value is -1.23. The average Bonchev–Trinajstić information content (AvgIpc) is 2.38. The van der Waals surface area contributed by atoms with Gasteiger partial charge >= 0.3 is 0 Å². The summed E-state index contributed by atoms with van der Waals surface area (Å²) in [4.78, 5) is 5.99. The number of nitrogens with one attached hydrogen (secondary N) is 1. The summed E-state index contributed by atoms with van der Waals surface area (Å²) in [5.41, 5.74) is 2.08. The maximum absolute atomic E-state index is 12.5. The van der Waals surface area contributed by atoms with Crippen molar-refractivity contribution in [2.75, 3.05) is 25.0 Å². The lowest BCUT2D eigenvalue weighted by molar-refractivity contribution is 0.156. The topological polar surface area (TPSA) is 28.2 Å². The van der Waals surface area contributed by atoms with Gasteiger partial charge in [0, 0.05) is 19.3 Å². The standard InChI is InChI=1S/C15H25F2N3/c1-4-6-13-8-12(10-18-7-5-2)9-15(19-13)20(3)11-14(16)17/h8-9,14,18H,4-7,10-11H2,1-3H3. The lowest BCUT2D eigenvalue weighted by Crippen LogP contribution is -2.25. The molecular formula is C15H25F2N3. The lowest BCUT2D eigenvalue weighted by Gasteiger charge is -2.19. The smallest absolute Gasteiger partial charge is 0.255 e. The molecule has 0 spiro atoms. The van der Waals surface area contributed by atoms with Crippen LogP contribution in [-0.4, -0.2) is 31.5 Å². The average molecular weight is 285 g/mol. The molecular weight excluding hydrogens is 260 g/mol. The number of pyridine rings is 1. The Balaban J connectivity index is 2.85. The maximum atomic E-state index is 12.5. The van der Waals surface area contributed by atoms with Gasteiger partial charge in [0.2, 0.25) is 0 Å². The summed E-state index contributed by atoms with van der Waals surface area (Å²) >= 11 is 0. The normalized spacial score (nSPS) is 11.1. The Morgan fingerprint density at radius 2 is 2.00 bits per heavy atom. The summed E-state index contributed by atoms with van der Waals surface area (Å²) in [5, 5.41) is 3.33. The van der Waals surface area contributed by atoms with Gasteiger partial charge in [-0.15, -0.1) is 0 Å². The summed E-state index contributed by atoms with van der Waals surface area (Å²) < 4.78 is 25.0. The van der Waals surface area contributed by atoms with E-state index in [1.807, 2.05) is 6.07 Å². The lowest BCUT2D eigenvalue weighted by atomic mass is 10.1. The molecule has 0 amide bonds. The minimum absolute atomic E-state index is 0.287. The van der Waals surface area contributed by atoms with Gasteiger partial charge in [-0.1, -0.05) is 20.3 Å². The summed E-state index contributed by atoms with van der Waals surface area (Å²) in [6.07, 6.45) is 0.595. The number of aromatic nitrogens is 1. The molecule has 0 saturated heterocycles. The molecule has 1 N–H and O–H groups in total. The van der Waals surface area contributed by atoms with Gasteiger partial charge in [-0.05, 0) is 37.1 Å². The number of hydrogen-bond acceptors (Lipinski definition) is 3. The molecule has 1 aromatic rings. The maximum Gasteiger partial charge on any atom is 0.255 e. The summed E-state index contributed by atoms with van der Waals surface area (Å²) in [6, 6.07) is 3.95. The molecule has 1 rings (SSSR count). The van der Waals surface area contributed by atoms with Crippen LogP contribution in [0.4, 0.5) is 14.6 Å². The zero-order valence-corrected chi connectivity index (χ0v) is 12.6. The third kappa shape index (κ3) is 5.82. The molecule has 5 heteroatoms. The van der Waals surface area contributed by atoms with E-state index in [9.17, 15) is 8.78 Å². The van der Waals surface area contributed by atoms with Crippen molar-refractivity contribution in [2.24, 2.45) is 0 Å². The van der Waals surface area contributed by atoms with Crippen LogP contribution in [0.2, 0.25) is 0 Å². The largest absolute Gasteiger partial charge is 0.354 e. The van der Waals surface area contributed by atoms with E-state index in [1.165, 1.54) is 4.90 Å². The predicted molar refractivity (Wildman–Crippen MR) is 79.5 cm³/mol. The van der Waals surface area contributed by atoms with Gasteiger partial charge in [0.15, 0.2) is 0 Å². The van der Waals surface area contributed by atoms with Crippen LogP contribution < -0.4 is 10.2 Å². The van der Waals surface area contributed by atoms with Crippen LogP contribution in [0.15, 0.2) is 12.1 Å². The van der Waals surface area contributed by atoms with Crippen molar-refractivity contribution in [3.05, 3.63) is 23.4 Å². The number of rotatable bonds is 9. The molecule has 0 saturated carbocycles. The molecule has 3 nitrogen and oxygen atoms in total. The third-order valence-corrected chi connectivity index (χ3v) is 2.99. The molecule has 20 heavy (non-hydrogen) atoms. The van der Waals surface area contributed by atoms with Gasteiger partial charge in [-0.3, -0.25) is 0 Å². The Bertz CT molecular complexity index is 397. The van der Waals surface area contributed by atoms with Crippen molar-refractivity contribution in [3.8, 4) is 0 Å². The molecule has 114 valence electrons. The van der Waals surface area contributed by atoms with Gasteiger partial charge in [0.1, 0.15) is 5.82 Å². The predicted octanol–water partition coefficient (Wildman–Crippen LogP) is 3.24. The van der Waals surface area contributed by atoms with Crippen LogP contribution in [0, 0.1) is 0 Å². The van der Waals surface area contributed by atoms with E-state index in [2.05, 4.69) is 30.2 Å². The van der Waals surface area contributed by atoms with Crippen LogP contribution in [0.1, 0.15) is 37.9 Å². The highest BCUT2D eigenvalue weighted by molar-refractivity contribution is 5.42. The van der Waals surface area contributed by atoms with Crippen molar-refractivity contribution >= 4 is 5.82 Å². The first-order chi connectivity index (χ1) is 9.56. The van der Waals surface area contributed by atoms with Gasteiger partial charge in [0.05, 0.1) is 6.54 Å².